The minimum atomic E-state index is -0.377. The van der Waals surface area contributed by atoms with Crippen LogP contribution in [0, 0.1) is 0 Å². The Kier molecular flexibility index (Phi) is 7.25. The number of methoxy groups -OCH3 is 1. The van der Waals surface area contributed by atoms with E-state index < -0.39 is 0 Å². The van der Waals surface area contributed by atoms with E-state index in [1.54, 1.807) is 7.11 Å². The first-order chi connectivity index (χ1) is 12.0. The number of benzene rings is 1. The molecule has 0 bridgehead atoms. The second-order valence-corrected chi connectivity index (χ2v) is 6.89. The summed E-state index contributed by atoms with van der Waals surface area (Å²) in [6.07, 6.45) is 5.51. The van der Waals surface area contributed by atoms with Gasteiger partial charge in [0.05, 0.1) is 14.2 Å². The molecule has 1 unspecified atom stereocenters. The summed E-state index contributed by atoms with van der Waals surface area (Å²) >= 11 is 0. The van der Waals surface area contributed by atoms with Crippen LogP contribution in [0.5, 0.6) is 5.75 Å². The van der Waals surface area contributed by atoms with E-state index in [-0.39, 0.29) is 24.0 Å². The Morgan fingerprint density at radius 1 is 1.28 bits per heavy atom. The van der Waals surface area contributed by atoms with E-state index in [1.165, 1.54) is 6.42 Å². The van der Waals surface area contributed by atoms with E-state index in [2.05, 4.69) is 10.6 Å². The molecule has 3 N–H and O–H groups in total. The van der Waals surface area contributed by atoms with Gasteiger partial charge in [-0.2, -0.15) is 0 Å². The molecule has 0 saturated heterocycles. The molecule has 1 saturated carbocycles. The van der Waals surface area contributed by atoms with Crippen LogP contribution < -0.4 is 20.3 Å². The van der Waals surface area contributed by atoms with E-state index in [0.29, 0.717) is 6.54 Å². The van der Waals surface area contributed by atoms with Gasteiger partial charge in [-0.3, -0.25) is 10.1 Å². The maximum atomic E-state index is 12.3. The lowest BCUT2D eigenvalue weighted by Gasteiger charge is -2.24. The van der Waals surface area contributed by atoms with Crippen molar-refractivity contribution in [2.75, 3.05) is 14.2 Å². The lowest BCUT2D eigenvalue weighted by Crippen LogP contribution is -3.12. The molecule has 1 fully saturated rings. The third-order valence-electron chi connectivity index (χ3n) is 4.93. The van der Waals surface area contributed by atoms with Gasteiger partial charge < -0.3 is 15.0 Å². The van der Waals surface area contributed by atoms with Crippen molar-refractivity contribution in [2.45, 2.75) is 57.7 Å². The molecule has 3 amide bonds. The van der Waals surface area contributed by atoms with Gasteiger partial charge in [0.1, 0.15) is 12.3 Å². The Morgan fingerprint density at radius 3 is 2.68 bits per heavy atom. The van der Waals surface area contributed by atoms with Crippen LogP contribution in [0.1, 0.15) is 44.6 Å². The van der Waals surface area contributed by atoms with Crippen LogP contribution in [-0.4, -0.2) is 38.2 Å². The van der Waals surface area contributed by atoms with Crippen LogP contribution in [0.25, 0.3) is 0 Å². The van der Waals surface area contributed by atoms with Crippen LogP contribution >= 0.6 is 0 Å². The summed E-state index contributed by atoms with van der Waals surface area (Å²) in [5.41, 5.74) is 1.09. The quantitative estimate of drug-likeness (QED) is 0.725. The number of nitrogens with one attached hydrogen (secondary N) is 3. The SMILES string of the molecule is COc1cccc(C[NH+](C)[C@H](C)C(=O)NC(=O)NC2CCCCC2)c1. The van der Waals surface area contributed by atoms with Crippen molar-refractivity contribution in [3.63, 3.8) is 0 Å². The summed E-state index contributed by atoms with van der Waals surface area (Å²) in [6.45, 7) is 2.51. The predicted octanol–water partition coefficient (Wildman–Crippen LogP) is 1.26. The average Bonchev–Trinajstić information content (AvgIpc) is 2.61. The number of likely N-dealkylation sites (N-methyl/N-ethyl adjacent to an activating group) is 1. The number of rotatable bonds is 6. The van der Waals surface area contributed by atoms with Crippen molar-refractivity contribution in [3.8, 4) is 5.75 Å². The summed E-state index contributed by atoms with van der Waals surface area (Å²) in [5.74, 6) is 0.544. The zero-order chi connectivity index (χ0) is 18.2. The van der Waals surface area contributed by atoms with Crippen molar-refractivity contribution in [3.05, 3.63) is 29.8 Å². The second-order valence-electron chi connectivity index (χ2n) is 6.89. The van der Waals surface area contributed by atoms with E-state index in [0.717, 1.165) is 41.9 Å². The van der Waals surface area contributed by atoms with Gasteiger partial charge in [0.2, 0.25) is 0 Å². The molecule has 1 aromatic rings. The fourth-order valence-electron chi connectivity index (χ4n) is 3.17. The van der Waals surface area contributed by atoms with Gasteiger partial charge in [-0.1, -0.05) is 31.4 Å². The van der Waals surface area contributed by atoms with Crippen LogP contribution in [0.4, 0.5) is 4.79 Å². The largest absolute Gasteiger partial charge is 0.497 e. The highest BCUT2D eigenvalue weighted by Crippen LogP contribution is 2.17. The number of hydrogen-bond donors (Lipinski definition) is 3. The molecule has 0 radical (unpaired) electrons. The van der Waals surface area contributed by atoms with Crippen molar-refractivity contribution >= 4 is 11.9 Å². The molecule has 2 rings (SSSR count). The molecule has 0 aromatic heterocycles. The first-order valence-corrected chi connectivity index (χ1v) is 9.06. The Labute approximate surface area is 149 Å². The number of ether oxygens (including phenoxy) is 1. The lowest BCUT2D eigenvalue weighted by molar-refractivity contribution is -0.908. The van der Waals surface area contributed by atoms with Crippen molar-refractivity contribution < 1.29 is 19.2 Å². The highest BCUT2D eigenvalue weighted by molar-refractivity contribution is 5.96. The molecule has 6 heteroatoms. The molecule has 1 aromatic carbocycles. The van der Waals surface area contributed by atoms with Gasteiger partial charge in [0.15, 0.2) is 6.04 Å². The summed E-state index contributed by atoms with van der Waals surface area (Å²) in [6, 6.07) is 7.28. The summed E-state index contributed by atoms with van der Waals surface area (Å²) < 4.78 is 5.23. The Hall–Kier alpha value is -2.08. The average molecular weight is 348 g/mol. The van der Waals surface area contributed by atoms with Gasteiger partial charge in [0, 0.05) is 11.6 Å². The van der Waals surface area contributed by atoms with Crippen molar-refractivity contribution in [1.82, 2.24) is 10.6 Å². The Balaban J connectivity index is 1.82. The molecule has 6 nitrogen and oxygen atoms in total. The Bertz CT molecular complexity index is 585. The summed E-state index contributed by atoms with van der Waals surface area (Å²) in [4.78, 5) is 25.4. The minimum Gasteiger partial charge on any atom is -0.497 e. The number of imide groups is 1. The smallest absolute Gasteiger partial charge is 0.321 e. The number of quaternary nitrogens is 1. The molecular weight excluding hydrogens is 318 g/mol. The molecule has 1 aliphatic carbocycles. The van der Waals surface area contributed by atoms with Gasteiger partial charge in [-0.05, 0) is 31.9 Å². The van der Waals surface area contributed by atoms with Crippen LogP contribution in [0.3, 0.4) is 0 Å². The molecule has 1 aliphatic rings. The fraction of sp³-hybridized carbons (Fsp3) is 0.579. The van der Waals surface area contributed by atoms with E-state index in [1.807, 2.05) is 38.2 Å². The molecule has 2 atom stereocenters. The van der Waals surface area contributed by atoms with E-state index in [9.17, 15) is 9.59 Å². The number of amides is 3. The number of urea groups is 1. The number of carbonyl (C=O) groups excluding carboxylic acids is 2. The van der Waals surface area contributed by atoms with Crippen molar-refractivity contribution in [1.29, 1.82) is 0 Å². The minimum absolute atomic E-state index is 0.193. The third-order valence-corrected chi connectivity index (χ3v) is 4.93. The van der Waals surface area contributed by atoms with Crippen molar-refractivity contribution in [2.24, 2.45) is 0 Å². The van der Waals surface area contributed by atoms with E-state index in [4.69, 9.17) is 4.74 Å². The molecule has 0 aliphatic heterocycles. The molecule has 0 spiro atoms. The van der Waals surface area contributed by atoms with E-state index >= 15 is 0 Å². The van der Waals surface area contributed by atoms with Gasteiger partial charge in [-0.25, -0.2) is 4.79 Å². The summed E-state index contributed by atoms with van der Waals surface area (Å²) in [5, 5.41) is 5.39. The topological polar surface area (TPSA) is 71.9 Å². The van der Waals surface area contributed by atoms with Gasteiger partial charge in [-0.15, -0.1) is 0 Å². The number of hydrogen-bond acceptors (Lipinski definition) is 3. The van der Waals surface area contributed by atoms with Crippen LogP contribution in [0.2, 0.25) is 0 Å². The molecular formula is C19H30N3O3+. The lowest BCUT2D eigenvalue weighted by atomic mass is 9.96. The summed E-state index contributed by atoms with van der Waals surface area (Å²) in [7, 11) is 3.58. The zero-order valence-corrected chi connectivity index (χ0v) is 15.4. The fourth-order valence-corrected chi connectivity index (χ4v) is 3.17. The monoisotopic (exact) mass is 348 g/mol. The number of carbonyl (C=O) groups is 2. The third kappa shape index (κ3) is 6.05. The highest BCUT2D eigenvalue weighted by Gasteiger charge is 2.25. The predicted molar refractivity (Wildman–Crippen MR) is 96.6 cm³/mol. The zero-order valence-electron chi connectivity index (χ0n) is 15.4. The standard InChI is InChI=1S/C19H29N3O3/c1-14(22(2)13-15-8-7-11-17(12-15)25-3)18(23)21-19(24)20-16-9-5-4-6-10-16/h7-8,11-12,14,16H,4-6,9-10,13H2,1-3H3,(H2,20,21,23,24)/p+1/t14-/m1/s1. The highest BCUT2D eigenvalue weighted by atomic mass is 16.5. The first kappa shape index (κ1) is 19.2. The maximum Gasteiger partial charge on any atom is 0.321 e. The molecule has 25 heavy (non-hydrogen) atoms. The van der Waals surface area contributed by atoms with Gasteiger partial charge >= 0.3 is 6.03 Å². The molecule has 0 heterocycles. The Morgan fingerprint density at radius 2 is 2.00 bits per heavy atom. The van der Waals surface area contributed by atoms with Crippen LogP contribution in [0.15, 0.2) is 24.3 Å². The van der Waals surface area contributed by atoms with Crippen LogP contribution in [-0.2, 0) is 11.3 Å². The normalized spacial score (nSPS) is 17.4. The second kappa shape index (κ2) is 9.42. The molecule has 138 valence electrons. The first-order valence-electron chi connectivity index (χ1n) is 9.06. The maximum absolute atomic E-state index is 12.3. The van der Waals surface area contributed by atoms with Gasteiger partial charge in [0.25, 0.3) is 5.91 Å².